The van der Waals surface area contributed by atoms with E-state index in [1.54, 1.807) is 16.8 Å². The summed E-state index contributed by atoms with van der Waals surface area (Å²) < 4.78 is 1.63. The van der Waals surface area contributed by atoms with Crippen LogP contribution in [0.15, 0.2) is 12.1 Å². The molecule has 0 unspecified atom stereocenters. The number of hydrogen-bond acceptors (Lipinski definition) is 2. The van der Waals surface area contributed by atoms with Gasteiger partial charge in [0.2, 0.25) is 0 Å². The molecule has 0 amide bonds. The minimum absolute atomic E-state index is 0.438. The number of aromatic nitrogens is 2. The Kier molecular flexibility index (Phi) is 3.25. The molecule has 1 heterocycles. The maximum absolute atomic E-state index is 6.13. The fourth-order valence-electron chi connectivity index (χ4n) is 1.61. The lowest BCUT2D eigenvalue weighted by molar-refractivity contribution is 0.834. The summed E-state index contributed by atoms with van der Waals surface area (Å²) in [6, 6.07) is 3.24. The van der Waals surface area contributed by atoms with Crippen LogP contribution in [0.3, 0.4) is 0 Å². The molecule has 0 saturated heterocycles. The number of nitrogens with zero attached hydrogens (tertiary/aromatic N) is 2. The minimum Gasteiger partial charge on any atom is -0.396 e. The molecular weight excluding hydrogens is 281 g/mol. The van der Waals surface area contributed by atoms with E-state index in [1.807, 2.05) is 13.8 Å². The molecular formula is C11H10Cl3N3. The summed E-state index contributed by atoms with van der Waals surface area (Å²) in [5.41, 5.74) is 8.64. The van der Waals surface area contributed by atoms with Crippen molar-refractivity contribution in [2.45, 2.75) is 13.8 Å². The quantitative estimate of drug-likeness (QED) is 0.861. The van der Waals surface area contributed by atoms with Crippen molar-refractivity contribution in [2.24, 2.45) is 0 Å². The highest BCUT2D eigenvalue weighted by atomic mass is 35.5. The second kappa shape index (κ2) is 4.41. The fraction of sp³-hybridized carbons (Fsp3) is 0.182. The molecule has 2 aromatic rings. The van der Waals surface area contributed by atoms with Crippen molar-refractivity contribution in [1.82, 2.24) is 9.78 Å². The third-order valence-corrected chi connectivity index (χ3v) is 3.34. The Hall–Kier alpha value is -0.900. The molecule has 1 aromatic carbocycles. The molecule has 6 heteroatoms. The van der Waals surface area contributed by atoms with Gasteiger partial charge >= 0.3 is 0 Å². The van der Waals surface area contributed by atoms with E-state index in [0.29, 0.717) is 26.4 Å². The predicted molar refractivity (Wildman–Crippen MR) is 72.5 cm³/mol. The molecule has 1 aromatic heterocycles. The van der Waals surface area contributed by atoms with Crippen LogP contribution in [-0.2, 0) is 0 Å². The number of hydrogen-bond donors (Lipinski definition) is 1. The van der Waals surface area contributed by atoms with E-state index in [2.05, 4.69) is 5.10 Å². The lowest BCUT2D eigenvalue weighted by Crippen LogP contribution is -2.01. The van der Waals surface area contributed by atoms with Crippen LogP contribution in [0.1, 0.15) is 11.4 Å². The Balaban J connectivity index is 2.73. The zero-order valence-electron chi connectivity index (χ0n) is 9.26. The van der Waals surface area contributed by atoms with Crippen molar-refractivity contribution in [3.8, 4) is 5.69 Å². The first-order chi connectivity index (χ1) is 7.91. The number of nitrogens with two attached hydrogens (primary N) is 1. The number of rotatable bonds is 1. The molecule has 3 nitrogen and oxygen atoms in total. The molecule has 2 rings (SSSR count). The predicted octanol–water partition coefficient (Wildman–Crippen LogP) is 4.03. The van der Waals surface area contributed by atoms with Crippen LogP contribution in [0, 0.1) is 13.8 Å². The highest BCUT2D eigenvalue weighted by Crippen LogP contribution is 2.33. The summed E-state index contributed by atoms with van der Waals surface area (Å²) in [4.78, 5) is 0. The van der Waals surface area contributed by atoms with Crippen LogP contribution >= 0.6 is 34.8 Å². The van der Waals surface area contributed by atoms with Crippen LogP contribution in [0.5, 0.6) is 0 Å². The van der Waals surface area contributed by atoms with E-state index in [0.717, 1.165) is 11.4 Å². The Labute approximate surface area is 114 Å². The normalized spacial score (nSPS) is 10.9. The van der Waals surface area contributed by atoms with Crippen LogP contribution < -0.4 is 5.73 Å². The second-order valence-corrected chi connectivity index (χ2v) is 4.97. The lowest BCUT2D eigenvalue weighted by atomic mass is 10.3. The Bertz CT molecular complexity index is 567. The van der Waals surface area contributed by atoms with E-state index in [-0.39, 0.29) is 0 Å². The molecule has 0 spiro atoms. The first-order valence-electron chi connectivity index (χ1n) is 4.88. The van der Waals surface area contributed by atoms with Crippen molar-refractivity contribution in [3.05, 3.63) is 38.6 Å². The van der Waals surface area contributed by atoms with Gasteiger partial charge in [-0.15, -0.1) is 0 Å². The molecule has 17 heavy (non-hydrogen) atoms. The van der Waals surface area contributed by atoms with Crippen molar-refractivity contribution in [2.75, 3.05) is 5.73 Å². The maximum Gasteiger partial charge on any atom is 0.102 e. The SMILES string of the molecule is Cc1nn(-c2c(Cl)cc(Cl)cc2Cl)c(C)c1N. The maximum atomic E-state index is 6.13. The lowest BCUT2D eigenvalue weighted by Gasteiger charge is -2.09. The Morgan fingerprint density at radius 1 is 1.12 bits per heavy atom. The summed E-state index contributed by atoms with van der Waals surface area (Å²) in [6.07, 6.45) is 0. The molecule has 0 aliphatic carbocycles. The summed E-state index contributed by atoms with van der Waals surface area (Å²) in [6.45, 7) is 3.69. The van der Waals surface area contributed by atoms with E-state index >= 15 is 0 Å². The van der Waals surface area contributed by atoms with Crippen LogP contribution in [0.25, 0.3) is 5.69 Å². The number of anilines is 1. The van der Waals surface area contributed by atoms with E-state index in [1.165, 1.54) is 0 Å². The summed E-state index contributed by atoms with van der Waals surface area (Å²) in [5, 5.41) is 5.67. The fourth-order valence-corrected chi connectivity index (χ4v) is 2.59. The second-order valence-electron chi connectivity index (χ2n) is 3.71. The van der Waals surface area contributed by atoms with Crippen molar-refractivity contribution >= 4 is 40.5 Å². The van der Waals surface area contributed by atoms with Gasteiger partial charge in [-0.1, -0.05) is 34.8 Å². The molecule has 0 fully saturated rings. The number of nitrogen functional groups attached to an aromatic ring is 1. The van der Waals surface area contributed by atoms with Gasteiger partial charge in [0.1, 0.15) is 5.69 Å². The van der Waals surface area contributed by atoms with Gasteiger partial charge in [0.15, 0.2) is 0 Å². The highest BCUT2D eigenvalue weighted by molar-refractivity contribution is 6.40. The Morgan fingerprint density at radius 3 is 2.06 bits per heavy atom. The summed E-state index contributed by atoms with van der Waals surface area (Å²) in [7, 11) is 0. The minimum atomic E-state index is 0.438. The average molecular weight is 291 g/mol. The third kappa shape index (κ3) is 2.10. The van der Waals surface area contributed by atoms with E-state index in [9.17, 15) is 0 Å². The van der Waals surface area contributed by atoms with Gasteiger partial charge < -0.3 is 5.73 Å². The summed E-state index contributed by atoms with van der Waals surface area (Å²) >= 11 is 18.1. The van der Waals surface area contributed by atoms with Gasteiger partial charge in [-0.25, -0.2) is 4.68 Å². The van der Waals surface area contributed by atoms with E-state index in [4.69, 9.17) is 40.5 Å². The summed E-state index contributed by atoms with van der Waals surface area (Å²) in [5.74, 6) is 0. The van der Waals surface area contributed by atoms with Crippen LogP contribution in [0.2, 0.25) is 15.1 Å². The zero-order chi connectivity index (χ0) is 12.7. The van der Waals surface area contributed by atoms with Gasteiger partial charge in [0, 0.05) is 5.02 Å². The Morgan fingerprint density at radius 2 is 1.65 bits per heavy atom. The molecule has 0 aliphatic rings. The van der Waals surface area contributed by atoms with E-state index < -0.39 is 0 Å². The number of benzene rings is 1. The first-order valence-corrected chi connectivity index (χ1v) is 6.02. The standard InChI is InChI=1S/C11H10Cl3N3/c1-5-10(15)6(2)17(16-5)11-8(13)3-7(12)4-9(11)14/h3-4H,15H2,1-2H3. The van der Waals surface area contributed by atoms with Gasteiger partial charge in [-0.3, -0.25) is 0 Å². The van der Waals surface area contributed by atoms with Crippen molar-refractivity contribution < 1.29 is 0 Å². The molecule has 0 saturated carbocycles. The van der Waals surface area contributed by atoms with Gasteiger partial charge in [0.25, 0.3) is 0 Å². The topological polar surface area (TPSA) is 43.8 Å². The molecule has 0 aliphatic heterocycles. The van der Waals surface area contributed by atoms with Gasteiger partial charge in [-0.05, 0) is 26.0 Å². The monoisotopic (exact) mass is 289 g/mol. The van der Waals surface area contributed by atoms with Crippen LogP contribution in [0.4, 0.5) is 5.69 Å². The largest absolute Gasteiger partial charge is 0.396 e. The number of aryl methyl sites for hydroxylation is 1. The molecule has 0 radical (unpaired) electrons. The molecule has 90 valence electrons. The molecule has 2 N–H and O–H groups in total. The number of halogens is 3. The average Bonchev–Trinajstić information content (AvgIpc) is 2.45. The van der Waals surface area contributed by atoms with Crippen molar-refractivity contribution in [3.63, 3.8) is 0 Å². The smallest absolute Gasteiger partial charge is 0.102 e. The van der Waals surface area contributed by atoms with Crippen LogP contribution in [-0.4, -0.2) is 9.78 Å². The molecule has 0 atom stereocenters. The zero-order valence-corrected chi connectivity index (χ0v) is 11.5. The van der Waals surface area contributed by atoms with Gasteiger partial charge in [0.05, 0.1) is 27.1 Å². The third-order valence-electron chi connectivity index (χ3n) is 2.54. The van der Waals surface area contributed by atoms with Gasteiger partial charge in [-0.2, -0.15) is 5.10 Å². The first kappa shape index (κ1) is 12.6. The highest BCUT2D eigenvalue weighted by Gasteiger charge is 2.16. The van der Waals surface area contributed by atoms with Crippen molar-refractivity contribution in [1.29, 1.82) is 0 Å². The molecule has 0 bridgehead atoms.